The Morgan fingerprint density at radius 1 is 0.813 bits per heavy atom. The number of rotatable bonds is 17. The molecular formula is C46H49F10N11O8. The van der Waals surface area contributed by atoms with Crippen LogP contribution in [0.1, 0.15) is 50.9 Å². The maximum Gasteiger partial charge on any atom is 0.407 e. The Kier molecular flexibility index (Phi) is 18.2. The molecule has 4 aromatic rings. The van der Waals surface area contributed by atoms with Gasteiger partial charge in [-0.1, -0.05) is 24.0 Å². The van der Waals surface area contributed by atoms with Crippen molar-refractivity contribution in [3.63, 3.8) is 0 Å². The van der Waals surface area contributed by atoms with Gasteiger partial charge >= 0.3 is 31.1 Å². The summed E-state index contributed by atoms with van der Waals surface area (Å²) in [4.78, 5) is 74.6. The quantitative estimate of drug-likeness (QED) is 0.0470. The van der Waals surface area contributed by atoms with Gasteiger partial charge in [-0.05, 0) is 70.0 Å². The monoisotopic (exact) mass is 1070 g/mol. The number of methoxy groups -OCH3 is 2. The van der Waals surface area contributed by atoms with Crippen molar-refractivity contribution in [3.05, 3.63) is 89.4 Å². The molecule has 5 amide bonds. The summed E-state index contributed by atoms with van der Waals surface area (Å²) in [5, 5.41) is 24.1. The molecule has 0 radical (unpaired) electrons. The molecule has 0 saturated carbocycles. The van der Waals surface area contributed by atoms with Crippen LogP contribution in [0.5, 0.6) is 0 Å². The molecule has 1 aliphatic heterocycles. The van der Waals surface area contributed by atoms with E-state index in [4.69, 9.17) is 0 Å². The number of piperazine rings is 1. The van der Waals surface area contributed by atoms with Crippen molar-refractivity contribution in [2.24, 2.45) is 10.8 Å². The van der Waals surface area contributed by atoms with E-state index in [1.54, 1.807) is 15.5 Å². The molecule has 2 aromatic heterocycles. The fraction of sp³-hybridized carbons (Fsp3) is 0.435. The molecule has 2 aromatic carbocycles. The number of aromatic nitrogens is 4. The van der Waals surface area contributed by atoms with Gasteiger partial charge in [-0.3, -0.25) is 24.8 Å². The van der Waals surface area contributed by atoms with Crippen LogP contribution in [0.4, 0.5) is 65.1 Å². The van der Waals surface area contributed by atoms with E-state index in [-0.39, 0.29) is 27.7 Å². The molecule has 0 aliphatic carbocycles. The molecule has 19 nitrogen and oxygen atoms in total. The highest BCUT2D eigenvalue weighted by Crippen LogP contribution is 2.42. The molecule has 29 heteroatoms. The number of aliphatic hydroxyl groups is 1. The normalized spacial score (nSPS) is 14.8. The minimum Gasteiger partial charge on any atom is -0.453 e. The number of alkyl carbamates (subject to hydrolysis) is 2. The second-order valence-corrected chi connectivity index (χ2v) is 17.8. The van der Waals surface area contributed by atoms with Gasteiger partial charge in [-0.15, -0.1) is 0 Å². The summed E-state index contributed by atoms with van der Waals surface area (Å²) in [6.07, 6.45) is -12.8. The highest BCUT2D eigenvalue weighted by molar-refractivity contribution is 5.88. The molecule has 406 valence electrons. The third-order valence-corrected chi connectivity index (χ3v) is 11.8. The van der Waals surface area contributed by atoms with Gasteiger partial charge in [-0.25, -0.2) is 33.0 Å². The molecule has 3 heterocycles. The second-order valence-electron chi connectivity index (χ2n) is 17.8. The van der Waals surface area contributed by atoms with Crippen LogP contribution in [0.25, 0.3) is 11.3 Å². The zero-order valence-electron chi connectivity index (χ0n) is 40.5. The van der Waals surface area contributed by atoms with Gasteiger partial charge in [0.2, 0.25) is 17.8 Å². The summed E-state index contributed by atoms with van der Waals surface area (Å²) in [7, 11) is 1.54. The fourth-order valence-corrected chi connectivity index (χ4v) is 7.14. The van der Waals surface area contributed by atoms with Crippen LogP contribution in [0.15, 0.2) is 61.1 Å². The summed E-state index contributed by atoms with van der Waals surface area (Å²) in [6.45, 7) is -1.52. The minimum absolute atomic E-state index is 0.0542. The van der Waals surface area contributed by atoms with Crippen LogP contribution in [-0.2, 0) is 30.3 Å². The Morgan fingerprint density at radius 2 is 1.35 bits per heavy atom. The lowest BCUT2D eigenvalue weighted by Crippen LogP contribution is -2.64. The van der Waals surface area contributed by atoms with Gasteiger partial charge in [0, 0.05) is 42.8 Å². The van der Waals surface area contributed by atoms with E-state index in [0.717, 1.165) is 26.5 Å². The number of ether oxygens (including phenoxy) is 2. The third-order valence-electron chi connectivity index (χ3n) is 11.8. The van der Waals surface area contributed by atoms with E-state index in [1.807, 2.05) is 5.43 Å². The predicted molar refractivity (Wildman–Crippen MR) is 244 cm³/mol. The number of alkyl halides is 8. The van der Waals surface area contributed by atoms with Crippen LogP contribution >= 0.6 is 0 Å². The smallest absolute Gasteiger partial charge is 0.407 e. The predicted octanol–water partition coefficient (Wildman–Crippen LogP) is 4.90. The highest BCUT2D eigenvalue weighted by atomic mass is 19.4. The number of hydrazine groups is 1. The van der Waals surface area contributed by atoms with Crippen LogP contribution < -0.4 is 36.6 Å². The van der Waals surface area contributed by atoms with Crippen LogP contribution in [0, 0.1) is 34.3 Å². The first-order valence-electron chi connectivity index (χ1n) is 22.1. The molecule has 5 rings (SSSR count). The van der Waals surface area contributed by atoms with Crippen LogP contribution in [-0.4, -0.2) is 132 Å². The topological polar surface area (TPSA) is 234 Å². The largest absolute Gasteiger partial charge is 0.453 e. The van der Waals surface area contributed by atoms with Gasteiger partial charge < -0.3 is 40.7 Å². The molecular weight excluding hydrogens is 1020 g/mol. The fourth-order valence-electron chi connectivity index (χ4n) is 7.14. The van der Waals surface area contributed by atoms with Crippen molar-refractivity contribution in [2.75, 3.05) is 50.3 Å². The van der Waals surface area contributed by atoms with E-state index in [0.29, 0.717) is 70.0 Å². The summed E-state index contributed by atoms with van der Waals surface area (Å²) in [5.74, 6) is -0.977. The lowest BCUT2D eigenvalue weighted by Gasteiger charge is -2.38. The zero-order chi connectivity index (χ0) is 55.8. The Bertz CT molecular complexity index is 2740. The molecule has 1 fully saturated rings. The number of aliphatic hydroxyl groups excluding tert-OH is 1. The van der Waals surface area contributed by atoms with Crippen LogP contribution in [0.2, 0.25) is 0 Å². The number of hydrogen-bond acceptors (Lipinski definition) is 13. The van der Waals surface area contributed by atoms with Crippen molar-refractivity contribution < 1.29 is 82.5 Å². The van der Waals surface area contributed by atoms with Gasteiger partial charge in [0.25, 0.3) is 5.91 Å². The number of benzene rings is 2. The summed E-state index contributed by atoms with van der Waals surface area (Å²) >= 11 is 0. The van der Waals surface area contributed by atoms with Crippen molar-refractivity contribution in [2.45, 2.75) is 77.2 Å². The molecule has 75 heavy (non-hydrogen) atoms. The molecule has 0 spiro atoms. The maximum absolute atomic E-state index is 16.4. The maximum atomic E-state index is 16.4. The average Bonchev–Trinajstić information content (AvgIpc) is 3.84. The van der Waals surface area contributed by atoms with Crippen molar-refractivity contribution >= 4 is 41.5 Å². The number of nitrogens with zero attached hydrogens (tertiary/aromatic N) is 6. The van der Waals surface area contributed by atoms with Crippen molar-refractivity contribution in [1.82, 2.24) is 46.4 Å². The zero-order valence-corrected chi connectivity index (χ0v) is 40.5. The third kappa shape index (κ3) is 14.2. The van der Waals surface area contributed by atoms with Crippen molar-refractivity contribution in [3.8, 4) is 23.1 Å². The van der Waals surface area contributed by atoms with E-state index in [9.17, 15) is 64.2 Å². The lowest BCUT2D eigenvalue weighted by molar-refractivity contribution is -0.221. The lowest BCUT2D eigenvalue weighted by atomic mass is 9.82. The van der Waals surface area contributed by atoms with Gasteiger partial charge in [0.1, 0.15) is 17.8 Å². The van der Waals surface area contributed by atoms with E-state index < -0.39 is 120 Å². The average molecular weight is 1070 g/mol. The molecule has 0 bridgehead atoms. The number of amides is 5. The van der Waals surface area contributed by atoms with Gasteiger partial charge in [-0.2, -0.15) is 40.2 Å². The number of nitrogens with one attached hydrogen (secondary N) is 5. The highest BCUT2D eigenvalue weighted by Gasteiger charge is 2.57. The summed E-state index contributed by atoms with van der Waals surface area (Å²) in [6, 6.07) is 0.619. The molecule has 4 atom stereocenters. The SMILES string of the molecule is COC(=O)NC(C(=O)N[C@@H](Cc1ccc(C#Cc2cnc(N3CCNC(=O)C3)nc2)cc1)[C@@H](O)CN(NC(=O)[C@@H](NC(=O)OC)C(C)(C)C(F)(F)F)c1c(F)cc(-c2ccn(C(F)F)n2)cc1F)C(C)(C)C(F)(F)F. The van der Waals surface area contributed by atoms with Crippen molar-refractivity contribution in [1.29, 1.82) is 0 Å². The number of carbonyl (C=O) groups is 5. The Hall–Kier alpha value is -7.90. The van der Waals surface area contributed by atoms with E-state index in [1.165, 1.54) is 36.7 Å². The number of hydrogen-bond donors (Lipinski definition) is 6. The minimum atomic E-state index is -5.29. The Balaban J connectivity index is 1.57. The molecule has 1 unspecified atom stereocenters. The summed E-state index contributed by atoms with van der Waals surface area (Å²) < 4.78 is 155. The first kappa shape index (κ1) is 58.0. The number of anilines is 2. The number of carbonyl (C=O) groups excluding carboxylic acids is 5. The van der Waals surface area contributed by atoms with Gasteiger partial charge in [0.05, 0.1) is 61.5 Å². The van der Waals surface area contributed by atoms with E-state index in [2.05, 4.69) is 47.0 Å². The molecule has 1 aliphatic rings. The standard InChI is InChI=1S/C46H49F10N11O8/c1-43(2,45(51,52)53)35(61-41(72)74-5)37(70)60-31(17-25-10-7-24(8-11-25)9-12-26-20-58-40(59-21-26)65-16-14-57-33(69)23-65)32(68)22-67(64-38(71)36(62-42(73)75-6)44(3,4)46(54,55)56)34-28(47)18-27(19-29(34)48)30-13-15-66(63-30)39(49)50/h7-8,10-11,13,15,18-21,31-32,35-36,39,68H,14,16-17,22-23H2,1-6H3,(H,57,69)(H,60,70)(H,61,72)(H,62,73)(H,64,71)/t31-,32-,35?,36+/m0/s1. The first-order valence-corrected chi connectivity index (χ1v) is 22.1. The van der Waals surface area contributed by atoms with Gasteiger partial charge in [0.15, 0.2) is 11.6 Å². The molecule has 1 saturated heterocycles. The first-order chi connectivity index (χ1) is 35.0. The Morgan fingerprint density at radius 3 is 1.84 bits per heavy atom. The number of halogens is 10. The Labute approximate surface area is 420 Å². The molecule has 6 N–H and O–H groups in total. The summed E-state index contributed by atoms with van der Waals surface area (Å²) in [5.41, 5.74) is -5.74. The van der Waals surface area contributed by atoms with Crippen LogP contribution in [0.3, 0.4) is 0 Å². The van der Waals surface area contributed by atoms with E-state index >= 15 is 8.78 Å². The second kappa shape index (κ2) is 23.5.